The van der Waals surface area contributed by atoms with Gasteiger partial charge in [0, 0.05) is 16.4 Å². The number of hydrogen-bond donors (Lipinski definition) is 1. The van der Waals surface area contributed by atoms with Crippen LogP contribution in [0.5, 0.6) is 0 Å². The van der Waals surface area contributed by atoms with Crippen molar-refractivity contribution in [1.29, 1.82) is 0 Å². The quantitative estimate of drug-likeness (QED) is 0.261. The van der Waals surface area contributed by atoms with E-state index in [1.54, 1.807) is 4.57 Å². The van der Waals surface area contributed by atoms with Crippen LogP contribution < -0.4 is 17.0 Å². The first-order valence-electron chi connectivity index (χ1n) is 14.0. The maximum absolute atomic E-state index is 13.8. The Labute approximate surface area is 288 Å². The van der Waals surface area contributed by atoms with Crippen molar-refractivity contribution in [3.63, 3.8) is 0 Å². The van der Waals surface area contributed by atoms with Gasteiger partial charge in [-0.15, -0.1) is 11.3 Å². The second kappa shape index (κ2) is 13.3. The maximum atomic E-state index is 13.8. The van der Waals surface area contributed by atoms with E-state index in [9.17, 15) is 19.2 Å². The summed E-state index contributed by atoms with van der Waals surface area (Å²) in [5.41, 5.74) is 2.52. The predicted molar refractivity (Wildman–Crippen MR) is 166 cm³/mol. The molecule has 1 aliphatic carbocycles. The Balaban J connectivity index is 0.00000353. The Morgan fingerprint density at radius 2 is 1.71 bits per heavy atom. The van der Waals surface area contributed by atoms with Gasteiger partial charge in [-0.3, -0.25) is 28.2 Å². The molecule has 3 aromatic heterocycles. The zero-order valence-electron chi connectivity index (χ0n) is 22.7. The monoisotopic (exact) mass is 610 g/mol. The number of thiophene rings is 1. The molecule has 2 aromatic carbocycles. The number of rotatable bonds is 8. The molecule has 0 saturated heterocycles. The van der Waals surface area contributed by atoms with E-state index in [1.165, 1.54) is 11.3 Å². The average molecular weight is 611 g/mol. The molecule has 1 N–H and O–H groups in total. The molecule has 0 spiro atoms. The summed E-state index contributed by atoms with van der Waals surface area (Å²) in [5.74, 6) is -0.392. The van der Waals surface area contributed by atoms with Crippen LogP contribution in [0.2, 0.25) is 0 Å². The predicted octanol–water partition coefficient (Wildman–Crippen LogP) is 4.35. The molecule has 5 aromatic rings. The Hall–Kier alpha value is -2.67. The Bertz CT molecular complexity index is 1910. The minimum absolute atomic E-state index is 0. The van der Waals surface area contributed by atoms with E-state index in [1.807, 2.05) is 61.5 Å². The number of aromatic amines is 1. The van der Waals surface area contributed by atoms with E-state index in [4.69, 9.17) is 0 Å². The van der Waals surface area contributed by atoms with E-state index in [-0.39, 0.29) is 81.7 Å². The second-order valence-electron chi connectivity index (χ2n) is 10.5. The summed E-state index contributed by atoms with van der Waals surface area (Å²) < 4.78 is 7.45. The van der Waals surface area contributed by atoms with Gasteiger partial charge in [0.2, 0.25) is 0 Å². The van der Waals surface area contributed by atoms with Crippen LogP contribution in [0.25, 0.3) is 32.7 Å². The van der Waals surface area contributed by atoms with Gasteiger partial charge in [0.05, 0.1) is 18.5 Å². The fourth-order valence-corrected chi connectivity index (χ4v) is 6.75. The first-order chi connectivity index (χ1) is 19.9. The van der Waals surface area contributed by atoms with Gasteiger partial charge in [-0.2, -0.15) is 0 Å². The van der Waals surface area contributed by atoms with Gasteiger partial charge in [-0.1, -0.05) is 79.9 Å². The zero-order chi connectivity index (χ0) is 28.5. The van der Waals surface area contributed by atoms with Crippen molar-refractivity contribution < 1.29 is 9.32 Å². The summed E-state index contributed by atoms with van der Waals surface area (Å²) in [5, 5.41) is 4.31. The molecule has 0 bridgehead atoms. The number of benzene rings is 2. The fraction of sp³-hybridized carbons (Fsp3) is 0.323. The van der Waals surface area contributed by atoms with Crippen LogP contribution in [0.3, 0.4) is 0 Å². The van der Waals surface area contributed by atoms with Crippen LogP contribution >= 0.6 is 11.3 Å². The number of ketones is 1. The minimum atomic E-state index is -0.622. The van der Waals surface area contributed by atoms with E-state index in [2.05, 4.69) is 14.7 Å². The molecule has 0 amide bonds. The van der Waals surface area contributed by atoms with Crippen LogP contribution in [0.4, 0.5) is 0 Å². The number of carbonyl (C=O) groups excluding carboxylic acids is 1. The Kier molecular flexibility index (Phi) is 9.76. The van der Waals surface area contributed by atoms with Crippen LogP contribution in [-0.4, -0.2) is 76.4 Å². The van der Waals surface area contributed by atoms with Crippen molar-refractivity contribution >= 4 is 78.7 Å². The number of aromatic nitrogens is 4. The number of nitrogens with zero attached hydrogens (tertiary/aromatic N) is 3. The summed E-state index contributed by atoms with van der Waals surface area (Å²) in [6, 6.07) is 17.2. The van der Waals surface area contributed by atoms with E-state index in [0.717, 1.165) is 70.2 Å². The van der Waals surface area contributed by atoms with Crippen molar-refractivity contribution in [2.24, 2.45) is 5.92 Å². The Morgan fingerprint density at radius 1 is 1.00 bits per heavy atom. The standard InChI is InChI=1S/C31H30N4O5S.K.H/c1-2-22-16-25-28(37)34(18-26(36)21-8-4-3-5-9-21)31(39)35(29(25)41-22)17-19-12-14-20(15-13-19)23-10-6-7-11-24(23)27-32-30(38)40-33-27;;/h6-7,10-16,21H,2-5,8-9,17-18H2,1H3,(H,32,33,38);;. The SMILES string of the molecule is CCc1cc2c(=O)n(CC(=O)C3CCCCC3)c(=O)n(Cc3ccc(-c4ccccc4-c4noc(=O)[nH]4)cc3)c2s1.[KH]. The molecular weight excluding hydrogens is 580 g/mol. The third-order valence-electron chi connectivity index (χ3n) is 7.90. The van der Waals surface area contributed by atoms with Gasteiger partial charge in [0.25, 0.3) is 5.56 Å². The first-order valence-corrected chi connectivity index (χ1v) is 14.8. The normalized spacial score (nSPS) is 13.7. The van der Waals surface area contributed by atoms with Gasteiger partial charge in [0.15, 0.2) is 11.6 Å². The fourth-order valence-electron chi connectivity index (χ4n) is 5.67. The number of hydrogen-bond acceptors (Lipinski definition) is 7. The molecule has 0 atom stereocenters. The van der Waals surface area contributed by atoms with Crippen LogP contribution in [0.1, 0.15) is 49.5 Å². The molecule has 1 fully saturated rings. The molecule has 3 heterocycles. The number of H-pyrrole nitrogens is 1. The molecular formula is C31H31KN4O5S. The summed E-state index contributed by atoms with van der Waals surface area (Å²) >= 11 is 1.45. The molecule has 6 rings (SSSR count). The van der Waals surface area contributed by atoms with E-state index >= 15 is 0 Å². The van der Waals surface area contributed by atoms with Crippen molar-refractivity contribution in [2.75, 3.05) is 0 Å². The number of fused-ring (bicyclic) bond motifs is 1. The van der Waals surface area contributed by atoms with Crippen LogP contribution in [0.15, 0.2) is 73.5 Å². The molecule has 9 nitrogen and oxygen atoms in total. The zero-order valence-corrected chi connectivity index (χ0v) is 23.5. The molecule has 212 valence electrons. The molecule has 42 heavy (non-hydrogen) atoms. The summed E-state index contributed by atoms with van der Waals surface area (Å²) in [6.07, 6.45) is 5.54. The van der Waals surface area contributed by atoms with Gasteiger partial charge in [-0.05, 0) is 42.0 Å². The first kappa shape index (κ1) is 30.8. The van der Waals surface area contributed by atoms with Crippen molar-refractivity contribution in [1.82, 2.24) is 19.3 Å². The number of Topliss-reactive ketones (excluding diaryl/α,β-unsaturated/α-hetero) is 1. The molecule has 11 heteroatoms. The molecule has 0 unspecified atom stereocenters. The number of nitrogens with one attached hydrogen (secondary N) is 1. The third-order valence-corrected chi connectivity index (χ3v) is 9.20. The Morgan fingerprint density at radius 3 is 2.38 bits per heavy atom. The van der Waals surface area contributed by atoms with Crippen LogP contribution in [-0.2, 0) is 24.3 Å². The van der Waals surface area contributed by atoms with E-state index in [0.29, 0.717) is 16.0 Å². The second-order valence-corrected chi connectivity index (χ2v) is 11.6. The van der Waals surface area contributed by atoms with Crippen LogP contribution in [0, 0.1) is 5.92 Å². The summed E-state index contributed by atoms with van der Waals surface area (Å²) in [7, 11) is 0. The average Bonchev–Trinajstić information content (AvgIpc) is 3.65. The molecule has 1 aliphatic rings. The van der Waals surface area contributed by atoms with E-state index < -0.39 is 11.4 Å². The number of carbonyl (C=O) groups is 1. The topological polar surface area (TPSA) is 120 Å². The van der Waals surface area contributed by atoms with Gasteiger partial charge >= 0.3 is 62.8 Å². The third kappa shape index (κ3) is 6.17. The molecule has 1 saturated carbocycles. The van der Waals surface area contributed by atoms with Crippen molar-refractivity contribution in [3.8, 4) is 22.5 Å². The van der Waals surface area contributed by atoms with Gasteiger partial charge in [0.1, 0.15) is 4.83 Å². The van der Waals surface area contributed by atoms with Gasteiger partial charge < -0.3 is 0 Å². The molecule has 0 aliphatic heterocycles. The summed E-state index contributed by atoms with van der Waals surface area (Å²) in [4.78, 5) is 56.0. The number of aryl methyl sites for hydroxylation is 1. The van der Waals surface area contributed by atoms with Crippen molar-refractivity contribution in [3.05, 3.63) is 96.4 Å². The molecule has 0 radical (unpaired) electrons. The van der Waals surface area contributed by atoms with Gasteiger partial charge in [-0.25, -0.2) is 9.59 Å². The summed E-state index contributed by atoms with van der Waals surface area (Å²) in [6.45, 7) is 2.09. The van der Waals surface area contributed by atoms with Crippen molar-refractivity contribution in [2.45, 2.75) is 58.5 Å².